The predicted octanol–water partition coefficient (Wildman–Crippen LogP) is 1.73. The highest BCUT2D eigenvalue weighted by molar-refractivity contribution is 5.92. The maximum Gasteiger partial charge on any atom is 0.238 e. The van der Waals surface area contributed by atoms with E-state index in [4.69, 9.17) is 4.74 Å². The standard InChI is InChI=1S/C17H27N3O3/c1-5-20(11-16(21)18-10-13(2)3)12-17(22)19-14-7-6-8-15(9-14)23-4/h6-9,13H,5,10-12H2,1-4H3,(H,18,21)(H,19,22). The molecule has 0 fully saturated rings. The number of rotatable bonds is 9. The van der Waals surface area contributed by atoms with Gasteiger partial charge in [0.1, 0.15) is 5.75 Å². The van der Waals surface area contributed by atoms with Crippen LogP contribution in [0, 0.1) is 5.92 Å². The lowest BCUT2D eigenvalue weighted by atomic mass is 10.2. The van der Waals surface area contributed by atoms with Crippen LogP contribution in [0.1, 0.15) is 20.8 Å². The quantitative estimate of drug-likeness (QED) is 0.727. The van der Waals surface area contributed by atoms with Crippen LogP contribution in [0.4, 0.5) is 5.69 Å². The number of hydrogen-bond donors (Lipinski definition) is 2. The minimum atomic E-state index is -0.156. The molecule has 128 valence electrons. The van der Waals surface area contributed by atoms with Gasteiger partial charge in [0, 0.05) is 18.3 Å². The van der Waals surface area contributed by atoms with Gasteiger partial charge in [-0.25, -0.2) is 0 Å². The molecule has 1 aromatic rings. The van der Waals surface area contributed by atoms with E-state index in [-0.39, 0.29) is 24.9 Å². The lowest BCUT2D eigenvalue weighted by Crippen LogP contribution is -2.41. The molecule has 0 atom stereocenters. The maximum atomic E-state index is 12.1. The van der Waals surface area contributed by atoms with Crippen LogP contribution in [0.5, 0.6) is 5.75 Å². The summed E-state index contributed by atoms with van der Waals surface area (Å²) in [5, 5.41) is 5.67. The van der Waals surface area contributed by atoms with Gasteiger partial charge in [-0.15, -0.1) is 0 Å². The molecule has 0 unspecified atom stereocenters. The highest BCUT2D eigenvalue weighted by atomic mass is 16.5. The van der Waals surface area contributed by atoms with Gasteiger partial charge in [0.15, 0.2) is 0 Å². The Balaban J connectivity index is 2.47. The fraction of sp³-hybridized carbons (Fsp3) is 0.529. The highest BCUT2D eigenvalue weighted by Gasteiger charge is 2.13. The van der Waals surface area contributed by atoms with E-state index in [0.717, 1.165) is 0 Å². The molecule has 0 bridgehead atoms. The number of ether oxygens (including phenoxy) is 1. The molecule has 0 aliphatic heterocycles. The topological polar surface area (TPSA) is 70.7 Å². The summed E-state index contributed by atoms with van der Waals surface area (Å²) in [6, 6.07) is 7.17. The highest BCUT2D eigenvalue weighted by Crippen LogP contribution is 2.16. The molecule has 1 rings (SSSR count). The zero-order valence-corrected chi connectivity index (χ0v) is 14.4. The van der Waals surface area contributed by atoms with E-state index in [1.54, 1.807) is 24.1 Å². The van der Waals surface area contributed by atoms with Crippen molar-refractivity contribution >= 4 is 17.5 Å². The zero-order chi connectivity index (χ0) is 17.2. The van der Waals surface area contributed by atoms with Crippen molar-refractivity contribution in [2.45, 2.75) is 20.8 Å². The first-order valence-corrected chi connectivity index (χ1v) is 7.87. The maximum absolute atomic E-state index is 12.1. The molecule has 0 radical (unpaired) electrons. The molecular weight excluding hydrogens is 294 g/mol. The summed E-state index contributed by atoms with van der Waals surface area (Å²) in [5.74, 6) is 0.875. The molecule has 0 aliphatic rings. The Bertz CT molecular complexity index is 518. The van der Waals surface area contributed by atoms with Crippen molar-refractivity contribution < 1.29 is 14.3 Å². The number of amides is 2. The molecule has 0 aromatic heterocycles. The van der Waals surface area contributed by atoms with Crippen LogP contribution in [-0.4, -0.2) is 50.0 Å². The minimum absolute atomic E-state index is 0.0604. The van der Waals surface area contributed by atoms with Crippen molar-refractivity contribution in [2.75, 3.05) is 38.6 Å². The Morgan fingerprint density at radius 3 is 2.52 bits per heavy atom. The third-order valence-electron chi connectivity index (χ3n) is 3.24. The van der Waals surface area contributed by atoms with Crippen LogP contribution >= 0.6 is 0 Å². The van der Waals surface area contributed by atoms with Crippen LogP contribution in [0.2, 0.25) is 0 Å². The lowest BCUT2D eigenvalue weighted by Gasteiger charge is -2.19. The van der Waals surface area contributed by atoms with Gasteiger partial charge >= 0.3 is 0 Å². The minimum Gasteiger partial charge on any atom is -0.497 e. The first kappa shape index (κ1) is 19.0. The number of nitrogens with zero attached hydrogens (tertiary/aromatic N) is 1. The second-order valence-electron chi connectivity index (χ2n) is 5.78. The summed E-state index contributed by atoms with van der Waals surface area (Å²) in [6.45, 7) is 7.66. The van der Waals surface area contributed by atoms with E-state index in [9.17, 15) is 9.59 Å². The van der Waals surface area contributed by atoms with Crippen molar-refractivity contribution in [1.29, 1.82) is 0 Å². The van der Waals surface area contributed by atoms with Crippen molar-refractivity contribution in [3.05, 3.63) is 24.3 Å². The van der Waals surface area contributed by atoms with Gasteiger partial charge in [0.05, 0.1) is 20.2 Å². The third-order valence-corrected chi connectivity index (χ3v) is 3.24. The fourth-order valence-corrected chi connectivity index (χ4v) is 1.96. The van der Waals surface area contributed by atoms with Gasteiger partial charge < -0.3 is 15.4 Å². The van der Waals surface area contributed by atoms with E-state index in [1.807, 2.05) is 32.9 Å². The molecule has 0 saturated heterocycles. The van der Waals surface area contributed by atoms with Crippen LogP contribution < -0.4 is 15.4 Å². The summed E-state index contributed by atoms with van der Waals surface area (Å²) >= 11 is 0. The van der Waals surface area contributed by atoms with Gasteiger partial charge in [0.25, 0.3) is 0 Å². The number of anilines is 1. The Labute approximate surface area is 138 Å². The first-order chi connectivity index (χ1) is 10.9. The summed E-state index contributed by atoms with van der Waals surface area (Å²) in [4.78, 5) is 25.7. The Kier molecular flexibility index (Phi) is 8.11. The molecule has 0 aliphatic carbocycles. The summed E-state index contributed by atoms with van der Waals surface area (Å²) in [5.41, 5.74) is 0.676. The molecule has 0 saturated carbocycles. The predicted molar refractivity (Wildman–Crippen MR) is 91.6 cm³/mol. The average Bonchev–Trinajstić information content (AvgIpc) is 2.52. The summed E-state index contributed by atoms with van der Waals surface area (Å²) in [7, 11) is 1.58. The van der Waals surface area contributed by atoms with E-state index in [1.165, 1.54) is 0 Å². The molecule has 1 aromatic carbocycles. The Morgan fingerprint density at radius 2 is 1.91 bits per heavy atom. The van der Waals surface area contributed by atoms with Gasteiger partial charge in [-0.1, -0.05) is 26.8 Å². The summed E-state index contributed by atoms with van der Waals surface area (Å²) in [6.07, 6.45) is 0. The van der Waals surface area contributed by atoms with E-state index >= 15 is 0 Å². The molecule has 6 heteroatoms. The number of nitrogens with one attached hydrogen (secondary N) is 2. The number of likely N-dealkylation sites (N-methyl/N-ethyl adjacent to an activating group) is 1. The Morgan fingerprint density at radius 1 is 1.22 bits per heavy atom. The molecule has 0 spiro atoms. The first-order valence-electron chi connectivity index (χ1n) is 7.87. The van der Waals surface area contributed by atoms with Gasteiger partial charge in [-0.3, -0.25) is 14.5 Å². The number of carbonyl (C=O) groups is 2. The molecule has 2 N–H and O–H groups in total. The van der Waals surface area contributed by atoms with Crippen LogP contribution in [0.3, 0.4) is 0 Å². The van der Waals surface area contributed by atoms with Crippen molar-refractivity contribution in [1.82, 2.24) is 10.2 Å². The second kappa shape index (κ2) is 9.84. The second-order valence-corrected chi connectivity index (χ2v) is 5.78. The van der Waals surface area contributed by atoms with Crippen molar-refractivity contribution in [3.63, 3.8) is 0 Å². The van der Waals surface area contributed by atoms with E-state index in [0.29, 0.717) is 30.4 Å². The number of methoxy groups -OCH3 is 1. The van der Waals surface area contributed by atoms with E-state index in [2.05, 4.69) is 10.6 Å². The number of benzene rings is 1. The van der Waals surface area contributed by atoms with Gasteiger partial charge in [0.2, 0.25) is 11.8 Å². The van der Waals surface area contributed by atoms with Crippen molar-refractivity contribution in [3.8, 4) is 5.75 Å². The largest absolute Gasteiger partial charge is 0.497 e. The average molecular weight is 321 g/mol. The lowest BCUT2D eigenvalue weighted by molar-refractivity contribution is -0.123. The fourth-order valence-electron chi connectivity index (χ4n) is 1.96. The SMILES string of the molecule is CCN(CC(=O)NCC(C)C)CC(=O)Nc1cccc(OC)c1. The molecule has 0 heterocycles. The third kappa shape index (κ3) is 7.65. The van der Waals surface area contributed by atoms with Gasteiger partial charge in [-0.2, -0.15) is 0 Å². The van der Waals surface area contributed by atoms with Crippen LogP contribution in [0.15, 0.2) is 24.3 Å². The molecule has 23 heavy (non-hydrogen) atoms. The number of hydrogen-bond acceptors (Lipinski definition) is 4. The van der Waals surface area contributed by atoms with Crippen LogP contribution in [0.25, 0.3) is 0 Å². The monoisotopic (exact) mass is 321 g/mol. The zero-order valence-electron chi connectivity index (χ0n) is 14.4. The van der Waals surface area contributed by atoms with Gasteiger partial charge in [-0.05, 0) is 24.6 Å². The smallest absolute Gasteiger partial charge is 0.238 e. The van der Waals surface area contributed by atoms with Crippen LogP contribution in [-0.2, 0) is 9.59 Å². The number of carbonyl (C=O) groups excluding carboxylic acids is 2. The molecular formula is C17H27N3O3. The molecule has 6 nitrogen and oxygen atoms in total. The van der Waals surface area contributed by atoms with E-state index < -0.39 is 0 Å². The Hall–Kier alpha value is -2.08. The normalized spacial score (nSPS) is 10.7. The molecule has 2 amide bonds. The van der Waals surface area contributed by atoms with Crippen molar-refractivity contribution in [2.24, 2.45) is 5.92 Å². The summed E-state index contributed by atoms with van der Waals surface area (Å²) < 4.78 is 5.12.